The smallest absolute Gasteiger partial charge is 0.426 e. The summed E-state index contributed by atoms with van der Waals surface area (Å²) in [4.78, 5) is 33.1. The van der Waals surface area contributed by atoms with Crippen LogP contribution in [0.3, 0.4) is 0 Å². The molecule has 9 nitrogen and oxygen atoms in total. The minimum atomic E-state index is -0.858. The Morgan fingerprint density at radius 2 is 1.10 bits per heavy atom. The van der Waals surface area contributed by atoms with E-state index in [-0.39, 0.29) is 11.4 Å². The highest BCUT2D eigenvalue weighted by molar-refractivity contribution is 5.61. The molecule has 2 atom stereocenters. The second kappa shape index (κ2) is 10.9. The normalized spacial score (nSPS) is 12.6. The molecule has 160 valence electrons. The summed E-state index contributed by atoms with van der Waals surface area (Å²) >= 11 is 0. The molecule has 0 saturated heterocycles. The topological polar surface area (TPSA) is 122 Å². The number of hydrogen-bond donors (Lipinski definition) is 0. The molecule has 0 spiro atoms. The molecule has 2 aromatic rings. The number of benzene rings is 2. The molecule has 0 radical (unpaired) electrons. The van der Waals surface area contributed by atoms with Gasteiger partial charge in [0, 0.05) is 24.3 Å². The fraction of sp³-hybridized carbons (Fsp3) is 0.381. The van der Waals surface area contributed by atoms with Crippen molar-refractivity contribution in [2.75, 3.05) is 0 Å². The molecule has 0 N–H and O–H groups in total. The first-order valence-corrected chi connectivity index (χ1v) is 9.71. The summed E-state index contributed by atoms with van der Waals surface area (Å²) in [5.41, 5.74) is 1.19. The number of carbonyl (C=O) groups is 1. The summed E-state index contributed by atoms with van der Waals surface area (Å²) in [7, 11) is 0. The van der Waals surface area contributed by atoms with E-state index in [9.17, 15) is 25.0 Å². The van der Waals surface area contributed by atoms with Gasteiger partial charge in [-0.1, -0.05) is 26.7 Å². The van der Waals surface area contributed by atoms with Crippen LogP contribution in [0.4, 0.5) is 16.2 Å². The van der Waals surface area contributed by atoms with E-state index in [2.05, 4.69) is 0 Å². The molecule has 0 amide bonds. The fourth-order valence-electron chi connectivity index (χ4n) is 2.99. The standard InChI is InChI=1S/C21H24N2O7/c1-3-5-19(15-7-11-17(12-8-15)22(25)26)29-21(24)30-20(6-4-2)16-9-13-18(14-10-16)23(27)28/h7-14,19-20H,3-6H2,1-2H3. The van der Waals surface area contributed by atoms with E-state index in [0.29, 0.717) is 24.0 Å². The van der Waals surface area contributed by atoms with E-state index in [1.807, 2.05) is 13.8 Å². The monoisotopic (exact) mass is 416 g/mol. The van der Waals surface area contributed by atoms with Gasteiger partial charge in [0.15, 0.2) is 0 Å². The number of non-ortho nitro benzene ring substituents is 2. The average Bonchev–Trinajstić information content (AvgIpc) is 2.73. The van der Waals surface area contributed by atoms with Crippen LogP contribution < -0.4 is 0 Å². The van der Waals surface area contributed by atoms with Crippen LogP contribution in [0, 0.1) is 20.2 Å². The molecule has 0 bridgehead atoms. The summed E-state index contributed by atoms with van der Waals surface area (Å²) in [5.74, 6) is 0. The molecule has 0 aliphatic carbocycles. The van der Waals surface area contributed by atoms with Gasteiger partial charge in [0.25, 0.3) is 11.4 Å². The van der Waals surface area contributed by atoms with Gasteiger partial charge in [0.05, 0.1) is 9.85 Å². The Morgan fingerprint density at radius 1 is 0.767 bits per heavy atom. The largest absolute Gasteiger partial charge is 0.509 e. The third-order valence-electron chi connectivity index (χ3n) is 4.53. The maximum absolute atomic E-state index is 12.4. The molecule has 0 aliphatic rings. The van der Waals surface area contributed by atoms with Gasteiger partial charge in [-0.15, -0.1) is 0 Å². The van der Waals surface area contributed by atoms with Crippen LogP contribution in [0.5, 0.6) is 0 Å². The lowest BCUT2D eigenvalue weighted by molar-refractivity contribution is -0.385. The number of nitro benzene ring substituents is 2. The molecule has 0 fully saturated rings. The lowest BCUT2D eigenvalue weighted by atomic mass is 10.0. The summed E-state index contributed by atoms with van der Waals surface area (Å²) in [6.07, 6.45) is 0.477. The average molecular weight is 416 g/mol. The molecule has 2 aromatic carbocycles. The summed E-state index contributed by atoms with van der Waals surface area (Å²) < 4.78 is 11.0. The van der Waals surface area contributed by atoms with Crippen molar-refractivity contribution in [1.29, 1.82) is 0 Å². The van der Waals surface area contributed by atoms with Crippen LogP contribution in [0.15, 0.2) is 48.5 Å². The van der Waals surface area contributed by atoms with Crippen LogP contribution in [0.25, 0.3) is 0 Å². The number of carbonyl (C=O) groups excluding carboxylic acids is 1. The first-order chi connectivity index (χ1) is 14.3. The highest BCUT2D eigenvalue weighted by Gasteiger charge is 2.22. The van der Waals surface area contributed by atoms with E-state index in [4.69, 9.17) is 9.47 Å². The van der Waals surface area contributed by atoms with Crippen LogP contribution in [-0.2, 0) is 9.47 Å². The second-order valence-corrected chi connectivity index (χ2v) is 6.74. The predicted molar refractivity (Wildman–Crippen MR) is 109 cm³/mol. The quantitative estimate of drug-likeness (QED) is 0.263. The SMILES string of the molecule is CCCC(OC(=O)OC(CCC)c1ccc([N+](=O)[O-])cc1)c1ccc([N+](=O)[O-])cc1. The van der Waals surface area contributed by atoms with Crippen LogP contribution >= 0.6 is 0 Å². The molecular formula is C21H24N2O7. The molecule has 2 rings (SSSR count). The fourth-order valence-corrected chi connectivity index (χ4v) is 2.99. The lowest BCUT2D eigenvalue weighted by Crippen LogP contribution is -2.16. The number of hydrogen-bond acceptors (Lipinski definition) is 7. The first-order valence-electron chi connectivity index (χ1n) is 9.71. The van der Waals surface area contributed by atoms with Crippen molar-refractivity contribution >= 4 is 17.5 Å². The zero-order chi connectivity index (χ0) is 22.1. The van der Waals surface area contributed by atoms with Gasteiger partial charge in [0.1, 0.15) is 12.2 Å². The summed E-state index contributed by atoms with van der Waals surface area (Å²) in [5, 5.41) is 21.6. The Labute approximate surface area is 173 Å². The Morgan fingerprint density at radius 3 is 1.37 bits per heavy atom. The number of nitrogens with zero attached hydrogens (tertiary/aromatic N) is 2. The highest BCUT2D eigenvalue weighted by atomic mass is 16.7. The van der Waals surface area contributed by atoms with Crippen molar-refractivity contribution in [3.05, 3.63) is 79.9 Å². The van der Waals surface area contributed by atoms with E-state index >= 15 is 0 Å². The van der Waals surface area contributed by atoms with Crippen LogP contribution in [0.1, 0.15) is 62.9 Å². The highest BCUT2D eigenvalue weighted by Crippen LogP contribution is 2.29. The van der Waals surface area contributed by atoms with Gasteiger partial charge < -0.3 is 9.47 Å². The molecule has 9 heteroatoms. The van der Waals surface area contributed by atoms with Crippen molar-refractivity contribution in [3.8, 4) is 0 Å². The van der Waals surface area contributed by atoms with E-state index in [1.165, 1.54) is 24.3 Å². The minimum absolute atomic E-state index is 0.0437. The Bertz CT molecular complexity index is 794. The Hall–Kier alpha value is -3.49. The van der Waals surface area contributed by atoms with Gasteiger partial charge in [-0.3, -0.25) is 20.2 Å². The summed E-state index contributed by atoms with van der Waals surface area (Å²) in [6, 6.07) is 11.7. The molecule has 2 unspecified atom stereocenters. The molecule has 0 aromatic heterocycles. The third kappa shape index (κ3) is 6.26. The number of nitro groups is 2. The van der Waals surface area contributed by atoms with E-state index < -0.39 is 28.2 Å². The Kier molecular flexibility index (Phi) is 8.28. The zero-order valence-electron chi connectivity index (χ0n) is 16.9. The first kappa shape index (κ1) is 22.8. The van der Waals surface area contributed by atoms with Gasteiger partial charge >= 0.3 is 6.16 Å². The third-order valence-corrected chi connectivity index (χ3v) is 4.53. The van der Waals surface area contributed by atoms with Crippen molar-refractivity contribution in [1.82, 2.24) is 0 Å². The van der Waals surface area contributed by atoms with Crippen molar-refractivity contribution in [2.24, 2.45) is 0 Å². The maximum atomic E-state index is 12.4. The van der Waals surface area contributed by atoms with Gasteiger partial charge in [-0.25, -0.2) is 4.79 Å². The molecule has 0 saturated carbocycles. The second-order valence-electron chi connectivity index (χ2n) is 6.74. The van der Waals surface area contributed by atoms with Gasteiger partial charge in [0.2, 0.25) is 0 Å². The molecule has 0 heterocycles. The van der Waals surface area contributed by atoms with Gasteiger partial charge in [-0.05, 0) is 48.2 Å². The molecule has 0 aliphatic heterocycles. The summed E-state index contributed by atoms with van der Waals surface area (Å²) in [6.45, 7) is 3.87. The number of ether oxygens (including phenoxy) is 2. The number of rotatable bonds is 10. The molecular weight excluding hydrogens is 392 g/mol. The lowest BCUT2D eigenvalue weighted by Gasteiger charge is -2.21. The van der Waals surface area contributed by atoms with Crippen molar-refractivity contribution < 1.29 is 24.1 Å². The van der Waals surface area contributed by atoms with Gasteiger partial charge in [-0.2, -0.15) is 0 Å². The Balaban J connectivity index is 2.11. The van der Waals surface area contributed by atoms with E-state index in [0.717, 1.165) is 12.8 Å². The van der Waals surface area contributed by atoms with Crippen LogP contribution in [-0.4, -0.2) is 16.0 Å². The maximum Gasteiger partial charge on any atom is 0.509 e. The van der Waals surface area contributed by atoms with Crippen molar-refractivity contribution in [3.63, 3.8) is 0 Å². The van der Waals surface area contributed by atoms with Crippen molar-refractivity contribution in [2.45, 2.75) is 51.7 Å². The predicted octanol–water partition coefficient (Wildman–Crippen LogP) is 6.04. The minimum Gasteiger partial charge on any atom is -0.426 e. The zero-order valence-corrected chi connectivity index (χ0v) is 16.9. The van der Waals surface area contributed by atoms with E-state index in [1.54, 1.807) is 24.3 Å². The molecule has 30 heavy (non-hydrogen) atoms. The van der Waals surface area contributed by atoms with Crippen LogP contribution in [0.2, 0.25) is 0 Å².